The topological polar surface area (TPSA) is 68.2 Å². The molecule has 0 aliphatic carbocycles. The van der Waals surface area contributed by atoms with E-state index < -0.39 is 11.0 Å². The number of ether oxygens (including phenoxy) is 2. The fraction of sp³-hybridized carbons (Fsp3) is 0.516. The number of carbonyl (C=O) groups excluding carboxylic acids is 2. The maximum atomic E-state index is 13.1. The van der Waals surface area contributed by atoms with Crippen molar-refractivity contribution < 1.29 is 19.1 Å². The second-order valence-electron chi connectivity index (χ2n) is 11.8. The minimum atomic E-state index is -1.04. The molecule has 2 aromatic rings. The number of nitrogens with zero attached hydrogens (tertiary/aromatic N) is 2. The molecule has 1 aliphatic heterocycles. The minimum absolute atomic E-state index is 0.0492. The predicted molar refractivity (Wildman–Crippen MR) is 148 cm³/mol. The lowest BCUT2D eigenvalue weighted by Crippen LogP contribution is -2.39. The van der Waals surface area contributed by atoms with Crippen molar-refractivity contribution in [1.82, 2.24) is 5.01 Å². The third kappa shape index (κ3) is 7.00. The van der Waals surface area contributed by atoms with Crippen molar-refractivity contribution in [1.29, 1.82) is 0 Å². The van der Waals surface area contributed by atoms with E-state index in [4.69, 9.17) is 14.6 Å². The van der Waals surface area contributed by atoms with Crippen LogP contribution in [0.2, 0.25) is 0 Å². The van der Waals surface area contributed by atoms with E-state index in [2.05, 4.69) is 45.0 Å². The standard InChI is InChI=1S/C31H42N2O4/c1-9-36-28(35)31(7,8)37-25-19-15-22(16-20-25)11-10-12-26-30(5,6)27(34)33(32-26)21-23-13-17-24(18-14-23)29(2,3)4/h13-20H,9-12,21H2,1-8H3. The van der Waals surface area contributed by atoms with Gasteiger partial charge in [-0.1, -0.05) is 57.2 Å². The summed E-state index contributed by atoms with van der Waals surface area (Å²) < 4.78 is 10.9. The Morgan fingerprint density at radius 3 is 2.08 bits per heavy atom. The first kappa shape index (κ1) is 28.4. The molecule has 1 heterocycles. The first-order valence-electron chi connectivity index (χ1n) is 13.2. The first-order valence-corrected chi connectivity index (χ1v) is 13.2. The highest BCUT2D eigenvalue weighted by molar-refractivity contribution is 6.11. The molecular formula is C31H42N2O4. The quantitative estimate of drug-likeness (QED) is 0.347. The van der Waals surface area contributed by atoms with E-state index in [-0.39, 0.29) is 17.3 Å². The number of aryl methyl sites for hydroxylation is 1. The van der Waals surface area contributed by atoms with Gasteiger partial charge in [-0.25, -0.2) is 9.80 Å². The number of benzene rings is 2. The molecule has 0 saturated heterocycles. The van der Waals surface area contributed by atoms with E-state index in [1.54, 1.807) is 25.8 Å². The highest BCUT2D eigenvalue weighted by Gasteiger charge is 2.42. The van der Waals surface area contributed by atoms with Crippen molar-refractivity contribution in [3.63, 3.8) is 0 Å². The van der Waals surface area contributed by atoms with Gasteiger partial charge in [-0.2, -0.15) is 5.10 Å². The van der Waals surface area contributed by atoms with E-state index in [1.165, 1.54) is 11.1 Å². The highest BCUT2D eigenvalue weighted by atomic mass is 16.6. The van der Waals surface area contributed by atoms with Crippen LogP contribution in [-0.2, 0) is 32.7 Å². The van der Waals surface area contributed by atoms with Gasteiger partial charge in [0, 0.05) is 0 Å². The normalized spacial score (nSPS) is 15.5. The molecule has 0 aromatic heterocycles. The molecule has 2 aromatic carbocycles. The van der Waals surface area contributed by atoms with Crippen LogP contribution in [0.3, 0.4) is 0 Å². The van der Waals surface area contributed by atoms with Gasteiger partial charge in [0.25, 0.3) is 5.91 Å². The molecule has 0 spiro atoms. The molecule has 0 N–H and O–H groups in total. The molecule has 1 amide bonds. The smallest absolute Gasteiger partial charge is 0.349 e. The van der Waals surface area contributed by atoms with Crippen molar-refractivity contribution in [2.75, 3.05) is 6.61 Å². The number of hydrogen-bond acceptors (Lipinski definition) is 5. The number of amides is 1. The van der Waals surface area contributed by atoms with Gasteiger partial charge in [-0.15, -0.1) is 0 Å². The maximum absolute atomic E-state index is 13.1. The summed E-state index contributed by atoms with van der Waals surface area (Å²) in [5.74, 6) is 0.289. The summed E-state index contributed by atoms with van der Waals surface area (Å²) in [6.07, 6.45) is 2.50. The van der Waals surface area contributed by atoms with Crippen molar-refractivity contribution in [2.24, 2.45) is 10.5 Å². The lowest BCUT2D eigenvalue weighted by molar-refractivity contribution is -0.158. The Kier molecular flexibility index (Phi) is 8.51. The SMILES string of the molecule is CCOC(=O)C(C)(C)Oc1ccc(CCCC2=NN(Cc3ccc(C(C)(C)C)cc3)C(=O)C2(C)C)cc1. The van der Waals surface area contributed by atoms with Gasteiger partial charge in [0.2, 0.25) is 0 Å². The van der Waals surface area contributed by atoms with E-state index >= 15 is 0 Å². The average molecular weight is 507 g/mol. The Hall–Kier alpha value is -3.15. The molecule has 3 rings (SSSR count). The summed E-state index contributed by atoms with van der Waals surface area (Å²) in [6, 6.07) is 16.2. The van der Waals surface area contributed by atoms with Crippen LogP contribution in [0.1, 0.15) is 84.9 Å². The van der Waals surface area contributed by atoms with Gasteiger partial charge < -0.3 is 9.47 Å². The zero-order valence-electron chi connectivity index (χ0n) is 23.7. The number of esters is 1. The van der Waals surface area contributed by atoms with Crippen LogP contribution in [0.4, 0.5) is 0 Å². The van der Waals surface area contributed by atoms with Gasteiger partial charge >= 0.3 is 5.97 Å². The van der Waals surface area contributed by atoms with Crippen molar-refractivity contribution in [3.05, 3.63) is 65.2 Å². The maximum Gasteiger partial charge on any atom is 0.349 e. The first-order chi connectivity index (χ1) is 17.2. The number of hydrogen-bond donors (Lipinski definition) is 0. The second kappa shape index (κ2) is 11.1. The Morgan fingerprint density at radius 2 is 1.51 bits per heavy atom. The summed E-state index contributed by atoms with van der Waals surface area (Å²) in [4.78, 5) is 25.2. The molecular weight excluding hydrogens is 464 g/mol. The Balaban J connectivity index is 1.57. The molecule has 6 heteroatoms. The summed E-state index contributed by atoms with van der Waals surface area (Å²) >= 11 is 0. The molecule has 0 radical (unpaired) electrons. The Bertz CT molecular complexity index is 1120. The van der Waals surface area contributed by atoms with Gasteiger partial charge in [-0.05, 0) is 88.1 Å². The lowest BCUT2D eigenvalue weighted by atomic mass is 9.84. The lowest BCUT2D eigenvalue weighted by Gasteiger charge is -2.24. The minimum Gasteiger partial charge on any atom is -0.476 e. The molecule has 200 valence electrons. The van der Waals surface area contributed by atoms with Gasteiger partial charge in [-0.3, -0.25) is 4.79 Å². The van der Waals surface area contributed by atoms with Crippen molar-refractivity contribution >= 4 is 17.6 Å². The number of hydrazone groups is 1. The predicted octanol–water partition coefficient (Wildman–Crippen LogP) is 6.45. The molecule has 37 heavy (non-hydrogen) atoms. The summed E-state index contributed by atoms with van der Waals surface area (Å²) in [5.41, 5.74) is 2.91. The van der Waals surface area contributed by atoms with E-state index in [1.807, 2.05) is 38.1 Å². The zero-order chi connectivity index (χ0) is 27.4. The fourth-order valence-electron chi connectivity index (χ4n) is 4.34. The molecule has 6 nitrogen and oxygen atoms in total. The van der Waals surface area contributed by atoms with Crippen LogP contribution in [0.15, 0.2) is 53.6 Å². The van der Waals surface area contributed by atoms with Crippen molar-refractivity contribution in [3.8, 4) is 5.75 Å². The largest absolute Gasteiger partial charge is 0.476 e. The molecule has 0 bridgehead atoms. The Morgan fingerprint density at radius 1 is 0.919 bits per heavy atom. The van der Waals surface area contributed by atoms with Crippen LogP contribution in [0.5, 0.6) is 5.75 Å². The third-order valence-corrected chi connectivity index (χ3v) is 6.83. The van der Waals surface area contributed by atoms with Gasteiger partial charge in [0.1, 0.15) is 5.75 Å². The Labute approximate surface area is 222 Å². The summed E-state index contributed by atoms with van der Waals surface area (Å²) in [5, 5.41) is 6.37. The van der Waals surface area contributed by atoms with Gasteiger partial charge in [0.05, 0.1) is 24.3 Å². The fourth-order valence-corrected chi connectivity index (χ4v) is 4.34. The third-order valence-electron chi connectivity index (χ3n) is 6.83. The molecule has 0 saturated carbocycles. The van der Waals surface area contributed by atoms with Crippen LogP contribution in [0, 0.1) is 5.41 Å². The van der Waals surface area contributed by atoms with Gasteiger partial charge in [0.15, 0.2) is 5.60 Å². The molecule has 0 unspecified atom stereocenters. The van der Waals surface area contributed by atoms with Crippen molar-refractivity contribution in [2.45, 2.75) is 92.2 Å². The monoisotopic (exact) mass is 506 g/mol. The summed E-state index contributed by atoms with van der Waals surface area (Å²) in [7, 11) is 0. The number of carbonyl (C=O) groups is 2. The summed E-state index contributed by atoms with van der Waals surface area (Å²) in [6.45, 7) is 16.5. The van der Waals surface area contributed by atoms with Crippen LogP contribution in [0.25, 0.3) is 0 Å². The highest BCUT2D eigenvalue weighted by Crippen LogP contribution is 2.32. The van der Waals surface area contributed by atoms with E-state index in [9.17, 15) is 9.59 Å². The average Bonchev–Trinajstić information content (AvgIpc) is 3.03. The van der Waals surface area contributed by atoms with Crippen LogP contribution < -0.4 is 4.74 Å². The van der Waals surface area contributed by atoms with E-state index in [0.717, 1.165) is 30.5 Å². The molecule has 0 fully saturated rings. The van der Waals surface area contributed by atoms with E-state index in [0.29, 0.717) is 18.9 Å². The number of rotatable bonds is 10. The van der Waals surface area contributed by atoms with Crippen LogP contribution >= 0.6 is 0 Å². The van der Waals surface area contributed by atoms with Crippen LogP contribution in [-0.4, -0.2) is 34.8 Å². The molecule has 1 aliphatic rings. The molecule has 0 atom stereocenters. The zero-order valence-corrected chi connectivity index (χ0v) is 23.7. The second-order valence-corrected chi connectivity index (χ2v) is 11.8.